The molecule has 0 atom stereocenters. The highest BCUT2D eigenvalue weighted by molar-refractivity contribution is 7.89. The second-order valence-electron chi connectivity index (χ2n) is 6.44. The second-order valence-corrected chi connectivity index (χ2v) is 8.38. The van der Waals surface area contributed by atoms with Crippen LogP contribution < -0.4 is 4.74 Å². The number of benzene rings is 1. The Kier molecular flexibility index (Phi) is 5.61. The van der Waals surface area contributed by atoms with E-state index in [1.165, 1.54) is 4.31 Å². The number of amides is 1. The number of rotatable bonds is 5. The minimum atomic E-state index is -3.53. The number of likely N-dealkylation sites (tertiary alicyclic amines) is 1. The van der Waals surface area contributed by atoms with Gasteiger partial charge < -0.3 is 9.64 Å². The van der Waals surface area contributed by atoms with Crippen LogP contribution in [0.15, 0.2) is 29.2 Å². The van der Waals surface area contributed by atoms with Crippen molar-refractivity contribution in [3.63, 3.8) is 0 Å². The summed E-state index contributed by atoms with van der Waals surface area (Å²) in [6.45, 7) is 3.98. The van der Waals surface area contributed by atoms with Gasteiger partial charge in [0.05, 0.1) is 18.6 Å². The number of hydrogen-bond acceptors (Lipinski definition) is 5. The first-order chi connectivity index (χ1) is 12.0. The van der Waals surface area contributed by atoms with Gasteiger partial charge in [-0.25, -0.2) is 8.42 Å². The van der Waals surface area contributed by atoms with E-state index in [4.69, 9.17) is 4.74 Å². The minimum absolute atomic E-state index is 0.100. The van der Waals surface area contributed by atoms with Crippen LogP contribution in [0, 0.1) is 0 Å². The van der Waals surface area contributed by atoms with Crippen molar-refractivity contribution >= 4 is 15.9 Å². The van der Waals surface area contributed by atoms with E-state index in [2.05, 4.69) is 4.90 Å². The molecule has 0 N–H and O–H groups in total. The SMILES string of the molecule is COc1ccc(S(=O)(=O)N2CCN(C(=O)CN3CCCC3)CC2)cc1. The summed E-state index contributed by atoms with van der Waals surface area (Å²) in [5.41, 5.74) is 0. The summed E-state index contributed by atoms with van der Waals surface area (Å²) in [5, 5.41) is 0. The van der Waals surface area contributed by atoms with Gasteiger partial charge in [-0.1, -0.05) is 0 Å². The van der Waals surface area contributed by atoms with Gasteiger partial charge in [0.1, 0.15) is 5.75 Å². The van der Waals surface area contributed by atoms with E-state index in [1.54, 1.807) is 36.3 Å². The van der Waals surface area contributed by atoms with E-state index in [0.717, 1.165) is 25.9 Å². The molecule has 8 heteroatoms. The van der Waals surface area contributed by atoms with Crippen LogP contribution in [0.2, 0.25) is 0 Å². The maximum atomic E-state index is 12.7. The van der Waals surface area contributed by atoms with Gasteiger partial charge >= 0.3 is 0 Å². The molecule has 7 nitrogen and oxygen atoms in total. The predicted octanol–water partition coefficient (Wildman–Crippen LogP) is 0.624. The van der Waals surface area contributed by atoms with Crippen LogP contribution >= 0.6 is 0 Å². The molecule has 1 amide bonds. The van der Waals surface area contributed by atoms with E-state index < -0.39 is 10.0 Å². The van der Waals surface area contributed by atoms with Crippen molar-refractivity contribution in [2.24, 2.45) is 0 Å². The molecule has 0 radical (unpaired) electrons. The maximum Gasteiger partial charge on any atom is 0.243 e. The topological polar surface area (TPSA) is 70.2 Å². The molecule has 2 aliphatic rings. The van der Waals surface area contributed by atoms with Crippen LogP contribution in [0.1, 0.15) is 12.8 Å². The molecule has 2 saturated heterocycles. The van der Waals surface area contributed by atoms with Crippen molar-refractivity contribution in [3.05, 3.63) is 24.3 Å². The molecule has 0 saturated carbocycles. The number of methoxy groups -OCH3 is 1. The lowest BCUT2D eigenvalue weighted by molar-refractivity contribution is -0.133. The Bertz CT molecular complexity index is 691. The molecule has 0 unspecified atom stereocenters. The summed E-state index contributed by atoms with van der Waals surface area (Å²) in [4.78, 5) is 16.6. The Hall–Kier alpha value is -1.64. The second kappa shape index (κ2) is 7.72. The van der Waals surface area contributed by atoms with Crippen molar-refractivity contribution in [2.75, 3.05) is 52.9 Å². The average molecular weight is 367 g/mol. The molecule has 2 fully saturated rings. The van der Waals surface area contributed by atoms with Gasteiger partial charge in [-0.15, -0.1) is 0 Å². The largest absolute Gasteiger partial charge is 0.497 e. The van der Waals surface area contributed by atoms with Crippen molar-refractivity contribution in [1.29, 1.82) is 0 Å². The first-order valence-corrected chi connectivity index (χ1v) is 10.1. The molecule has 138 valence electrons. The quantitative estimate of drug-likeness (QED) is 0.763. The molecular weight excluding hydrogens is 342 g/mol. The normalized spacial score (nSPS) is 20.0. The molecule has 2 heterocycles. The first-order valence-electron chi connectivity index (χ1n) is 8.65. The number of piperazine rings is 1. The summed E-state index contributed by atoms with van der Waals surface area (Å²) < 4.78 is 31.9. The van der Waals surface area contributed by atoms with Gasteiger partial charge in [-0.3, -0.25) is 9.69 Å². The van der Waals surface area contributed by atoms with Crippen molar-refractivity contribution in [2.45, 2.75) is 17.7 Å². The average Bonchev–Trinajstić information content (AvgIpc) is 3.15. The standard InChI is InChI=1S/C17H25N3O4S/c1-24-15-4-6-16(7-5-15)25(22,23)20-12-10-19(11-13-20)17(21)14-18-8-2-3-9-18/h4-7H,2-3,8-14H2,1H3. The third-order valence-electron chi connectivity index (χ3n) is 4.85. The number of carbonyl (C=O) groups excluding carboxylic acids is 1. The zero-order chi connectivity index (χ0) is 17.9. The minimum Gasteiger partial charge on any atom is -0.497 e. The highest BCUT2D eigenvalue weighted by Crippen LogP contribution is 2.20. The number of hydrogen-bond donors (Lipinski definition) is 0. The summed E-state index contributed by atoms with van der Waals surface area (Å²) >= 11 is 0. The van der Waals surface area contributed by atoms with Crippen LogP contribution in [0.5, 0.6) is 5.75 Å². The summed E-state index contributed by atoms with van der Waals surface area (Å²) in [6.07, 6.45) is 2.31. The molecule has 2 aliphatic heterocycles. The smallest absolute Gasteiger partial charge is 0.243 e. The monoisotopic (exact) mass is 367 g/mol. The number of ether oxygens (including phenoxy) is 1. The molecule has 0 aromatic heterocycles. The zero-order valence-electron chi connectivity index (χ0n) is 14.6. The van der Waals surface area contributed by atoms with Gasteiger partial charge in [-0.05, 0) is 50.2 Å². The van der Waals surface area contributed by atoms with Gasteiger partial charge in [0, 0.05) is 26.2 Å². The van der Waals surface area contributed by atoms with E-state index in [-0.39, 0.29) is 10.8 Å². The van der Waals surface area contributed by atoms with Gasteiger partial charge in [0.25, 0.3) is 0 Å². The summed E-state index contributed by atoms with van der Waals surface area (Å²) in [5.74, 6) is 0.722. The first kappa shape index (κ1) is 18.2. The molecule has 25 heavy (non-hydrogen) atoms. The number of nitrogens with zero attached hydrogens (tertiary/aromatic N) is 3. The molecule has 0 aliphatic carbocycles. The van der Waals surface area contributed by atoms with Crippen LogP contribution in [-0.4, -0.2) is 81.4 Å². The van der Waals surface area contributed by atoms with Gasteiger partial charge in [-0.2, -0.15) is 4.31 Å². The fraction of sp³-hybridized carbons (Fsp3) is 0.588. The molecule has 3 rings (SSSR count). The van der Waals surface area contributed by atoms with Crippen molar-refractivity contribution < 1.29 is 17.9 Å². The Labute approximate surface area is 149 Å². The molecule has 0 bridgehead atoms. The summed E-state index contributed by atoms with van der Waals surface area (Å²) in [6, 6.07) is 6.39. The molecule has 1 aromatic carbocycles. The Morgan fingerprint density at radius 3 is 2.16 bits per heavy atom. The molecule has 1 aromatic rings. The lowest BCUT2D eigenvalue weighted by Gasteiger charge is -2.34. The van der Waals surface area contributed by atoms with E-state index >= 15 is 0 Å². The van der Waals surface area contributed by atoms with Gasteiger partial charge in [0.15, 0.2) is 0 Å². The van der Waals surface area contributed by atoms with E-state index in [0.29, 0.717) is 38.5 Å². The molecular formula is C17H25N3O4S. The lowest BCUT2D eigenvalue weighted by Crippen LogP contribution is -2.52. The van der Waals surface area contributed by atoms with Crippen LogP contribution in [0.25, 0.3) is 0 Å². The maximum absolute atomic E-state index is 12.7. The fourth-order valence-electron chi connectivity index (χ4n) is 3.31. The third-order valence-corrected chi connectivity index (χ3v) is 6.76. The van der Waals surface area contributed by atoms with E-state index in [1.807, 2.05) is 0 Å². The predicted molar refractivity (Wildman–Crippen MR) is 94.0 cm³/mol. The van der Waals surface area contributed by atoms with E-state index in [9.17, 15) is 13.2 Å². The number of carbonyl (C=O) groups is 1. The molecule has 0 spiro atoms. The van der Waals surface area contributed by atoms with Crippen LogP contribution in [0.3, 0.4) is 0 Å². The van der Waals surface area contributed by atoms with Crippen molar-refractivity contribution in [3.8, 4) is 5.75 Å². The lowest BCUT2D eigenvalue weighted by atomic mass is 10.3. The highest BCUT2D eigenvalue weighted by atomic mass is 32.2. The Balaban J connectivity index is 1.57. The third kappa shape index (κ3) is 4.13. The Morgan fingerprint density at radius 2 is 1.60 bits per heavy atom. The highest BCUT2D eigenvalue weighted by Gasteiger charge is 2.30. The van der Waals surface area contributed by atoms with Crippen LogP contribution in [0.4, 0.5) is 0 Å². The Morgan fingerprint density at radius 1 is 1.00 bits per heavy atom. The summed E-state index contributed by atoms with van der Waals surface area (Å²) in [7, 11) is -1.99. The zero-order valence-corrected chi connectivity index (χ0v) is 15.4. The fourth-order valence-corrected chi connectivity index (χ4v) is 4.73. The van der Waals surface area contributed by atoms with Crippen molar-refractivity contribution in [1.82, 2.24) is 14.1 Å². The van der Waals surface area contributed by atoms with Crippen LogP contribution in [-0.2, 0) is 14.8 Å². The number of sulfonamides is 1. The van der Waals surface area contributed by atoms with Gasteiger partial charge in [0.2, 0.25) is 15.9 Å².